The van der Waals surface area contributed by atoms with Crippen LogP contribution in [0.25, 0.3) is 11.3 Å². The molecular formula is C22H23F2N3O3. The summed E-state index contributed by atoms with van der Waals surface area (Å²) < 4.78 is 37.6. The Kier molecular flexibility index (Phi) is 6.34. The zero-order valence-corrected chi connectivity index (χ0v) is 17.2. The van der Waals surface area contributed by atoms with E-state index in [1.54, 1.807) is 31.1 Å². The molecule has 3 rings (SSSR count). The summed E-state index contributed by atoms with van der Waals surface area (Å²) in [6, 6.07) is 9.82. The molecule has 1 atom stereocenters. The van der Waals surface area contributed by atoms with Crippen LogP contribution in [0.15, 0.2) is 47.0 Å². The van der Waals surface area contributed by atoms with Gasteiger partial charge in [-0.2, -0.15) is 0 Å². The summed E-state index contributed by atoms with van der Waals surface area (Å²) in [6.45, 7) is 1.92. The van der Waals surface area contributed by atoms with E-state index in [-0.39, 0.29) is 28.9 Å². The van der Waals surface area contributed by atoms with Crippen molar-refractivity contribution in [3.05, 3.63) is 65.2 Å². The van der Waals surface area contributed by atoms with Crippen molar-refractivity contribution < 1.29 is 22.8 Å². The number of aromatic nitrogens is 1. The minimum absolute atomic E-state index is 0.0272. The Morgan fingerprint density at radius 2 is 1.90 bits per heavy atom. The molecule has 0 radical (unpaired) electrons. The third-order valence-electron chi connectivity index (χ3n) is 4.72. The second-order valence-corrected chi connectivity index (χ2v) is 6.94. The second kappa shape index (κ2) is 8.94. The number of methoxy groups -OCH3 is 1. The average Bonchev–Trinajstić information content (AvgIpc) is 3.18. The van der Waals surface area contributed by atoms with Crippen molar-refractivity contribution in [2.75, 3.05) is 26.1 Å². The lowest BCUT2D eigenvalue weighted by atomic mass is 10.0. The molecule has 1 heterocycles. The predicted octanol–water partition coefficient (Wildman–Crippen LogP) is 4.58. The zero-order valence-electron chi connectivity index (χ0n) is 17.2. The van der Waals surface area contributed by atoms with Gasteiger partial charge in [-0.15, -0.1) is 0 Å². The smallest absolute Gasteiger partial charge is 0.259 e. The Labute approximate surface area is 173 Å². The summed E-state index contributed by atoms with van der Waals surface area (Å²) in [4.78, 5) is 14.9. The fourth-order valence-corrected chi connectivity index (χ4v) is 3.14. The molecule has 0 fully saturated rings. The van der Waals surface area contributed by atoms with Gasteiger partial charge in [-0.3, -0.25) is 4.79 Å². The normalized spacial score (nSPS) is 11.8. The van der Waals surface area contributed by atoms with Crippen molar-refractivity contribution >= 4 is 11.7 Å². The molecule has 0 aliphatic carbocycles. The van der Waals surface area contributed by atoms with E-state index < -0.39 is 11.7 Å². The summed E-state index contributed by atoms with van der Waals surface area (Å²) >= 11 is 0. The molecule has 0 aliphatic heterocycles. The number of hydrogen-bond donors (Lipinski definition) is 1. The van der Waals surface area contributed by atoms with Gasteiger partial charge in [-0.05, 0) is 42.3 Å². The molecule has 0 aliphatic rings. The summed E-state index contributed by atoms with van der Waals surface area (Å²) in [5.41, 5.74) is 1.45. The van der Waals surface area contributed by atoms with E-state index in [4.69, 9.17) is 9.26 Å². The van der Waals surface area contributed by atoms with Gasteiger partial charge in [-0.1, -0.05) is 24.2 Å². The maximum Gasteiger partial charge on any atom is 0.259 e. The van der Waals surface area contributed by atoms with Crippen LogP contribution < -0.4 is 15.0 Å². The lowest BCUT2D eigenvalue weighted by Crippen LogP contribution is -2.29. The molecule has 1 amide bonds. The highest BCUT2D eigenvalue weighted by molar-refractivity contribution is 6.04. The Hall–Kier alpha value is -3.42. The van der Waals surface area contributed by atoms with Crippen molar-refractivity contribution in [3.63, 3.8) is 0 Å². The van der Waals surface area contributed by atoms with Gasteiger partial charge < -0.3 is 19.5 Å². The SMILES string of the molecule is CCC(NC(=O)c1c(N(C)C)noc1-c1ccc(F)c(OC)c1)c1ccc(F)cc1. The van der Waals surface area contributed by atoms with E-state index in [1.165, 1.54) is 37.4 Å². The molecule has 6 nitrogen and oxygen atoms in total. The highest BCUT2D eigenvalue weighted by atomic mass is 19.1. The number of halogens is 2. The first-order valence-corrected chi connectivity index (χ1v) is 9.42. The molecule has 0 bridgehead atoms. The molecule has 1 unspecified atom stereocenters. The third-order valence-corrected chi connectivity index (χ3v) is 4.72. The van der Waals surface area contributed by atoms with Crippen LogP contribution >= 0.6 is 0 Å². The average molecular weight is 415 g/mol. The van der Waals surface area contributed by atoms with Crippen LogP contribution in [0.5, 0.6) is 5.75 Å². The van der Waals surface area contributed by atoms with Crippen molar-refractivity contribution in [2.45, 2.75) is 19.4 Å². The first-order chi connectivity index (χ1) is 14.3. The van der Waals surface area contributed by atoms with Gasteiger partial charge in [0.15, 0.2) is 23.1 Å². The molecule has 2 aromatic carbocycles. The summed E-state index contributed by atoms with van der Waals surface area (Å²) in [7, 11) is 4.83. The zero-order chi connectivity index (χ0) is 21.8. The number of ether oxygens (including phenoxy) is 1. The minimum atomic E-state index is -0.526. The maximum absolute atomic E-state index is 13.8. The van der Waals surface area contributed by atoms with Crippen LogP contribution in [0, 0.1) is 11.6 Å². The standard InChI is InChI=1S/C22H23F2N3O3/c1-5-17(13-6-9-15(23)10-7-13)25-22(28)19-20(30-26-21(19)27(2)3)14-8-11-16(24)18(12-14)29-4/h6-12,17H,5H2,1-4H3,(H,25,28). The first-order valence-electron chi connectivity index (χ1n) is 9.42. The molecule has 158 valence electrons. The van der Waals surface area contributed by atoms with Crippen LogP contribution in [0.1, 0.15) is 35.3 Å². The molecule has 1 N–H and O–H groups in total. The van der Waals surface area contributed by atoms with Crippen LogP contribution in [0.2, 0.25) is 0 Å². The fraction of sp³-hybridized carbons (Fsp3) is 0.273. The van der Waals surface area contributed by atoms with Crippen LogP contribution in [0.3, 0.4) is 0 Å². The predicted molar refractivity (Wildman–Crippen MR) is 110 cm³/mol. The van der Waals surface area contributed by atoms with Gasteiger partial charge in [-0.25, -0.2) is 8.78 Å². The summed E-state index contributed by atoms with van der Waals surface area (Å²) in [6.07, 6.45) is 0.597. The van der Waals surface area contributed by atoms with E-state index in [0.717, 1.165) is 5.56 Å². The Bertz CT molecular complexity index is 1030. The molecular weight excluding hydrogens is 392 g/mol. The quantitative estimate of drug-likeness (QED) is 0.612. The van der Waals surface area contributed by atoms with E-state index in [9.17, 15) is 13.6 Å². The number of carbonyl (C=O) groups is 1. The molecule has 0 spiro atoms. The van der Waals surface area contributed by atoms with E-state index in [1.807, 2.05) is 6.92 Å². The van der Waals surface area contributed by atoms with E-state index >= 15 is 0 Å². The monoisotopic (exact) mass is 415 g/mol. The van der Waals surface area contributed by atoms with Gasteiger partial charge in [0.2, 0.25) is 0 Å². The molecule has 0 saturated heterocycles. The number of carbonyl (C=O) groups excluding carboxylic acids is 1. The fourth-order valence-electron chi connectivity index (χ4n) is 3.14. The van der Waals surface area contributed by atoms with Crippen LogP contribution in [0.4, 0.5) is 14.6 Å². The van der Waals surface area contributed by atoms with Gasteiger partial charge >= 0.3 is 0 Å². The van der Waals surface area contributed by atoms with Crippen molar-refractivity contribution in [3.8, 4) is 17.1 Å². The van der Waals surface area contributed by atoms with Gasteiger partial charge in [0.25, 0.3) is 5.91 Å². The van der Waals surface area contributed by atoms with E-state index in [2.05, 4.69) is 10.5 Å². The number of nitrogens with zero attached hydrogens (tertiary/aromatic N) is 2. The highest BCUT2D eigenvalue weighted by Crippen LogP contribution is 2.34. The van der Waals surface area contributed by atoms with Gasteiger partial charge in [0.1, 0.15) is 11.4 Å². The van der Waals surface area contributed by atoms with Crippen molar-refractivity contribution in [1.82, 2.24) is 10.5 Å². The number of anilines is 1. The summed E-state index contributed by atoms with van der Waals surface area (Å²) in [5.74, 6) is -0.722. The Balaban J connectivity index is 2.00. The molecule has 3 aromatic rings. The first kappa shape index (κ1) is 21.3. The number of nitrogens with one attached hydrogen (secondary N) is 1. The Morgan fingerprint density at radius 3 is 2.50 bits per heavy atom. The number of rotatable bonds is 7. The third kappa shape index (κ3) is 4.27. The van der Waals surface area contributed by atoms with Crippen molar-refractivity contribution in [1.29, 1.82) is 0 Å². The molecule has 0 saturated carbocycles. The molecule has 8 heteroatoms. The number of hydrogen-bond acceptors (Lipinski definition) is 5. The summed E-state index contributed by atoms with van der Waals surface area (Å²) in [5, 5.41) is 6.97. The second-order valence-electron chi connectivity index (χ2n) is 6.94. The van der Waals surface area contributed by atoms with Gasteiger partial charge in [0, 0.05) is 19.7 Å². The Morgan fingerprint density at radius 1 is 1.20 bits per heavy atom. The minimum Gasteiger partial charge on any atom is -0.494 e. The molecule has 30 heavy (non-hydrogen) atoms. The lowest BCUT2D eigenvalue weighted by molar-refractivity contribution is 0.0936. The lowest BCUT2D eigenvalue weighted by Gasteiger charge is -2.18. The maximum atomic E-state index is 13.8. The number of benzene rings is 2. The topological polar surface area (TPSA) is 67.6 Å². The highest BCUT2D eigenvalue weighted by Gasteiger charge is 2.27. The number of amides is 1. The van der Waals surface area contributed by atoms with Crippen LogP contribution in [-0.4, -0.2) is 32.3 Å². The molecule has 1 aromatic heterocycles. The van der Waals surface area contributed by atoms with E-state index in [0.29, 0.717) is 17.8 Å². The van der Waals surface area contributed by atoms with Gasteiger partial charge in [0.05, 0.1) is 13.2 Å². The van der Waals surface area contributed by atoms with Crippen LogP contribution in [-0.2, 0) is 0 Å². The van der Waals surface area contributed by atoms with Crippen molar-refractivity contribution in [2.24, 2.45) is 0 Å². The largest absolute Gasteiger partial charge is 0.494 e.